The molecular weight excluding hydrogens is 372 g/mol. The number of hydrogen-bond acceptors (Lipinski definition) is 7. The van der Waals surface area contributed by atoms with Crippen LogP contribution in [0.25, 0.3) is 16.2 Å². The second kappa shape index (κ2) is 6.89. The van der Waals surface area contributed by atoms with E-state index in [1.165, 1.54) is 11.3 Å². The van der Waals surface area contributed by atoms with Crippen LogP contribution in [0, 0.1) is 0 Å². The minimum absolute atomic E-state index is 0.384. The highest BCUT2D eigenvalue weighted by Gasteiger charge is 2.15. The molecule has 0 atom stereocenters. The Bertz CT molecular complexity index is 1080. The van der Waals surface area contributed by atoms with Gasteiger partial charge in [-0.2, -0.15) is 4.98 Å². The van der Waals surface area contributed by atoms with Gasteiger partial charge in [-0.25, -0.2) is 14.5 Å². The molecule has 0 fully saturated rings. The van der Waals surface area contributed by atoms with Gasteiger partial charge in [0.1, 0.15) is 22.5 Å². The first-order valence-electron chi connectivity index (χ1n) is 7.96. The van der Waals surface area contributed by atoms with Crippen molar-refractivity contribution in [2.75, 3.05) is 12.4 Å². The second-order valence-electron chi connectivity index (χ2n) is 5.42. The Morgan fingerprint density at radius 2 is 2.08 bits per heavy atom. The van der Waals surface area contributed by atoms with Crippen LogP contribution in [0.1, 0.15) is 12.7 Å². The number of anilines is 2. The molecule has 9 heteroatoms. The van der Waals surface area contributed by atoms with Crippen molar-refractivity contribution in [3.8, 4) is 17.0 Å². The lowest BCUT2D eigenvalue weighted by Gasteiger charge is -2.06. The van der Waals surface area contributed by atoms with Gasteiger partial charge in [0.05, 0.1) is 12.8 Å². The summed E-state index contributed by atoms with van der Waals surface area (Å²) in [6.07, 6.45) is 0.693. The summed E-state index contributed by atoms with van der Waals surface area (Å²) < 4.78 is 7.24. The normalized spacial score (nSPS) is 11.0. The van der Waals surface area contributed by atoms with Crippen molar-refractivity contribution in [1.82, 2.24) is 24.6 Å². The van der Waals surface area contributed by atoms with E-state index in [0.29, 0.717) is 29.2 Å². The zero-order valence-electron chi connectivity index (χ0n) is 14.1. The molecule has 132 valence electrons. The lowest BCUT2D eigenvalue weighted by Crippen LogP contribution is -2.01. The summed E-state index contributed by atoms with van der Waals surface area (Å²) in [5, 5.41) is 10.0. The smallest absolute Gasteiger partial charge is 0.249 e. The van der Waals surface area contributed by atoms with Gasteiger partial charge in [-0.3, -0.25) is 0 Å². The molecule has 0 bridgehead atoms. The predicted molar refractivity (Wildman–Crippen MR) is 103 cm³/mol. The molecule has 0 aliphatic heterocycles. The molecule has 0 amide bonds. The Morgan fingerprint density at radius 1 is 1.23 bits per heavy atom. The molecule has 0 radical (unpaired) electrons. The van der Waals surface area contributed by atoms with Gasteiger partial charge in [0.25, 0.3) is 0 Å². The van der Waals surface area contributed by atoms with Crippen LogP contribution in [-0.4, -0.2) is 31.7 Å². The maximum Gasteiger partial charge on any atom is 0.249 e. The van der Waals surface area contributed by atoms with Crippen LogP contribution in [0.15, 0.2) is 35.7 Å². The number of benzene rings is 1. The van der Waals surface area contributed by atoms with Crippen molar-refractivity contribution < 1.29 is 4.74 Å². The van der Waals surface area contributed by atoms with E-state index < -0.39 is 0 Å². The quantitative estimate of drug-likeness (QED) is 0.517. The van der Waals surface area contributed by atoms with Crippen LogP contribution in [-0.2, 0) is 6.42 Å². The molecule has 0 aliphatic carbocycles. The molecule has 3 heterocycles. The molecular formula is C17H15ClN6OS. The third kappa shape index (κ3) is 3.09. The molecule has 0 saturated heterocycles. The fraction of sp³-hybridized carbons (Fsp3) is 0.176. The maximum atomic E-state index is 6.04. The van der Waals surface area contributed by atoms with E-state index in [9.17, 15) is 0 Å². The number of methoxy groups -OCH3 is 1. The molecule has 0 spiro atoms. The Hall–Kier alpha value is -2.71. The summed E-state index contributed by atoms with van der Waals surface area (Å²) >= 11 is 7.55. The van der Waals surface area contributed by atoms with Crippen LogP contribution < -0.4 is 10.1 Å². The van der Waals surface area contributed by atoms with Crippen LogP contribution in [0.3, 0.4) is 0 Å². The van der Waals surface area contributed by atoms with Gasteiger partial charge < -0.3 is 10.1 Å². The monoisotopic (exact) mass is 386 g/mol. The fourth-order valence-corrected chi connectivity index (χ4v) is 3.60. The number of fused-ring (bicyclic) bond motifs is 1. The largest absolute Gasteiger partial charge is 0.496 e. The number of thiazole rings is 1. The summed E-state index contributed by atoms with van der Waals surface area (Å²) in [4.78, 5) is 13.8. The lowest BCUT2D eigenvalue weighted by molar-refractivity contribution is 0.416. The molecule has 4 aromatic rings. The highest BCUT2D eigenvalue weighted by atomic mass is 35.5. The summed E-state index contributed by atoms with van der Waals surface area (Å²) in [6.45, 7) is 1.97. The van der Waals surface area contributed by atoms with Crippen LogP contribution >= 0.6 is 22.9 Å². The first kappa shape index (κ1) is 16.7. The lowest BCUT2D eigenvalue weighted by atomic mass is 10.1. The average molecular weight is 387 g/mol. The van der Waals surface area contributed by atoms with Crippen LogP contribution in [0.5, 0.6) is 5.75 Å². The van der Waals surface area contributed by atoms with E-state index in [1.807, 2.05) is 36.6 Å². The molecule has 0 unspecified atom stereocenters. The van der Waals surface area contributed by atoms with Gasteiger partial charge in [0.15, 0.2) is 0 Å². The topological polar surface area (TPSA) is 77.2 Å². The standard InChI is InChI=1S/C17H15ClN6OS/c1-3-14-19-13(18)8-15(20-14)21-16-22-17-24(23-16)11(9-26-17)10-6-4-5-7-12(10)25-2/h4-9H,3H2,1-2H3,(H,19,20,21,23). The molecule has 1 N–H and O–H groups in total. The van der Waals surface area contributed by atoms with E-state index in [0.717, 1.165) is 22.0 Å². The first-order chi connectivity index (χ1) is 12.7. The molecule has 7 nitrogen and oxygen atoms in total. The maximum absolute atomic E-state index is 6.04. The zero-order valence-corrected chi connectivity index (χ0v) is 15.7. The Labute approximate surface area is 158 Å². The number of hydrogen-bond donors (Lipinski definition) is 1. The molecule has 3 aromatic heterocycles. The van der Waals surface area contributed by atoms with Gasteiger partial charge in [-0.1, -0.05) is 30.7 Å². The number of ether oxygens (including phenoxy) is 1. The average Bonchev–Trinajstić information content (AvgIpc) is 3.21. The van der Waals surface area contributed by atoms with Crippen molar-refractivity contribution in [3.63, 3.8) is 0 Å². The van der Waals surface area contributed by atoms with Crippen LogP contribution in [0.2, 0.25) is 5.15 Å². The second-order valence-corrected chi connectivity index (χ2v) is 6.65. The SMILES string of the molecule is CCc1nc(Cl)cc(Nc2nc3scc(-c4ccccc4OC)n3n2)n1. The van der Waals surface area contributed by atoms with E-state index in [-0.39, 0.29) is 0 Å². The highest BCUT2D eigenvalue weighted by molar-refractivity contribution is 7.15. The van der Waals surface area contributed by atoms with Gasteiger partial charge >= 0.3 is 0 Å². The minimum Gasteiger partial charge on any atom is -0.496 e. The number of para-hydroxylation sites is 1. The highest BCUT2D eigenvalue weighted by Crippen LogP contribution is 2.32. The Balaban J connectivity index is 1.71. The first-order valence-corrected chi connectivity index (χ1v) is 9.22. The van der Waals surface area contributed by atoms with Gasteiger partial charge in [0.2, 0.25) is 10.9 Å². The molecule has 0 saturated carbocycles. The Kier molecular flexibility index (Phi) is 4.44. The predicted octanol–water partition coefficient (Wildman–Crippen LogP) is 4.22. The van der Waals surface area contributed by atoms with Crippen molar-refractivity contribution in [3.05, 3.63) is 46.7 Å². The summed E-state index contributed by atoms with van der Waals surface area (Å²) in [5.74, 6) is 2.46. The number of nitrogens with one attached hydrogen (secondary N) is 1. The Morgan fingerprint density at radius 3 is 2.88 bits per heavy atom. The van der Waals surface area contributed by atoms with Crippen molar-refractivity contribution in [1.29, 1.82) is 0 Å². The summed E-state index contributed by atoms with van der Waals surface area (Å²) in [5.41, 5.74) is 1.87. The minimum atomic E-state index is 0.384. The molecule has 26 heavy (non-hydrogen) atoms. The van der Waals surface area contributed by atoms with E-state index in [2.05, 4.69) is 25.4 Å². The van der Waals surface area contributed by atoms with Gasteiger partial charge in [-0.05, 0) is 12.1 Å². The number of nitrogens with zero attached hydrogens (tertiary/aromatic N) is 5. The third-order valence-electron chi connectivity index (χ3n) is 3.76. The van der Waals surface area contributed by atoms with Crippen molar-refractivity contribution in [2.45, 2.75) is 13.3 Å². The summed E-state index contributed by atoms with van der Waals surface area (Å²) in [6, 6.07) is 9.46. The third-order valence-corrected chi connectivity index (χ3v) is 4.77. The van der Waals surface area contributed by atoms with Crippen molar-refractivity contribution >= 4 is 39.7 Å². The van der Waals surface area contributed by atoms with E-state index >= 15 is 0 Å². The molecule has 1 aromatic carbocycles. The fourth-order valence-electron chi connectivity index (χ4n) is 2.58. The molecule has 4 rings (SSSR count). The molecule has 0 aliphatic rings. The summed E-state index contributed by atoms with van der Waals surface area (Å²) in [7, 11) is 1.65. The number of rotatable bonds is 5. The van der Waals surface area contributed by atoms with Gasteiger partial charge in [0, 0.05) is 23.4 Å². The van der Waals surface area contributed by atoms with E-state index in [4.69, 9.17) is 16.3 Å². The van der Waals surface area contributed by atoms with Crippen molar-refractivity contribution in [2.24, 2.45) is 0 Å². The van der Waals surface area contributed by atoms with E-state index in [1.54, 1.807) is 17.7 Å². The van der Waals surface area contributed by atoms with Crippen LogP contribution in [0.4, 0.5) is 11.8 Å². The number of aromatic nitrogens is 5. The number of aryl methyl sites for hydroxylation is 1. The van der Waals surface area contributed by atoms with Gasteiger partial charge in [-0.15, -0.1) is 16.4 Å². The number of halogens is 1. The zero-order chi connectivity index (χ0) is 18.1.